The highest BCUT2D eigenvalue weighted by atomic mass is 16.1. The minimum atomic E-state index is 0.256. The van der Waals surface area contributed by atoms with Crippen molar-refractivity contribution in [2.75, 3.05) is 0 Å². The quantitative estimate of drug-likeness (QED) is 0.764. The van der Waals surface area contributed by atoms with Crippen molar-refractivity contribution in [1.82, 2.24) is 5.32 Å². The van der Waals surface area contributed by atoms with Crippen LogP contribution in [0.4, 0.5) is 0 Å². The summed E-state index contributed by atoms with van der Waals surface area (Å²) in [5, 5.41) is 3.19. The van der Waals surface area contributed by atoms with Crippen LogP contribution in [0.5, 0.6) is 0 Å². The molecule has 0 bridgehead atoms. The maximum Gasteiger partial charge on any atom is 0.220 e. The molecule has 0 aromatic carbocycles. The summed E-state index contributed by atoms with van der Waals surface area (Å²) >= 11 is 0. The number of rotatable bonds is 5. The second-order valence-electron chi connectivity index (χ2n) is 6.36. The standard InChI is InChI=1S/C15H29NO.C2H6/c1-11(2)5-10-15(17)16-14-8-6-13(7-9-14)12(3)4;1-2/h11-14H,5-10H2,1-4H3,(H,16,17);1-2H3. The fraction of sp³-hybridized carbons (Fsp3) is 0.941. The lowest BCUT2D eigenvalue weighted by atomic mass is 9.79. The zero-order valence-corrected chi connectivity index (χ0v) is 14.0. The maximum absolute atomic E-state index is 11.7. The zero-order chi connectivity index (χ0) is 14.8. The van der Waals surface area contributed by atoms with E-state index in [1.165, 1.54) is 25.7 Å². The van der Waals surface area contributed by atoms with Gasteiger partial charge >= 0.3 is 0 Å². The van der Waals surface area contributed by atoms with E-state index in [9.17, 15) is 4.79 Å². The summed E-state index contributed by atoms with van der Waals surface area (Å²) < 4.78 is 0. The summed E-state index contributed by atoms with van der Waals surface area (Å²) in [6.07, 6.45) is 6.63. The normalized spacial score (nSPS) is 22.9. The van der Waals surface area contributed by atoms with Crippen LogP contribution >= 0.6 is 0 Å². The molecule has 0 unspecified atom stereocenters. The van der Waals surface area contributed by atoms with Crippen molar-refractivity contribution in [3.63, 3.8) is 0 Å². The van der Waals surface area contributed by atoms with Gasteiger partial charge in [-0.25, -0.2) is 0 Å². The van der Waals surface area contributed by atoms with Gasteiger partial charge in [-0.1, -0.05) is 41.5 Å². The Kier molecular flexibility index (Phi) is 9.99. The average Bonchev–Trinajstić information content (AvgIpc) is 2.39. The van der Waals surface area contributed by atoms with Crippen LogP contribution in [0.15, 0.2) is 0 Å². The van der Waals surface area contributed by atoms with Gasteiger partial charge in [0.25, 0.3) is 0 Å². The zero-order valence-electron chi connectivity index (χ0n) is 14.0. The Hall–Kier alpha value is -0.530. The second-order valence-corrected chi connectivity index (χ2v) is 6.36. The highest BCUT2D eigenvalue weighted by Crippen LogP contribution is 2.29. The molecule has 1 amide bonds. The molecule has 0 radical (unpaired) electrons. The maximum atomic E-state index is 11.7. The lowest BCUT2D eigenvalue weighted by molar-refractivity contribution is -0.122. The van der Waals surface area contributed by atoms with Gasteiger partial charge in [-0.15, -0.1) is 0 Å². The van der Waals surface area contributed by atoms with E-state index >= 15 is 0 Å². The van der Waals surface area contributed by atoms with Gasteiger partial charge < -0.3 is 5.32 Å². The summed E-state index contributed by atoms with van der Waals surface area (Å²) in [7, 11) is 0. The SMILES string of the molecule is CC.CC(C)CCC(=O)NC1CCC(C(C)C)CC1. The molecule has 1 fully saturated rings. The second kappa shape index (κ2) is 10.3. The van der Waals surface area contributed by atoms with Crippen molar-refractivity contribution in [2.45, 2.75) is 86.1 Å². The first-order valence-electron chi connectivity index (χ1n) is 8.28. The Morgan fingerprint density at radius 2 is 1.58 bits per heavy atom. The van der Waals surface area contributed by atoms with E-state index < -0.39 is 0 Å². The van der Waals surface area contributed by atoms with Crippen LogP contribution < -0.4 is 5.32 Å². The molecule has 0 heterocycles. The van der Waals surface area contributed by atoms with Gasteiger partial charge in [0, 0.05) is 12.5 Å². The van der Waals surface area contributed by atoms with Crippen LogP contribution in [0.25, 0.3) is 0 Å². The van der Waals surface area contributed by atoms with Crippen molar-refractivity contribution >= 4 is 5.91 Å². The van der Waals surface area contributed by atoms with Crippen molar-refractivity contribution in [1.29, 1.82) is 0 Å². The highest BCUT2D eigenvalue weighted by Gasteiger charge is 2.23. The predicted molar refractivity (Wildman–Crippen MR) is 84.1 cm³/mol. The fourth-order valence-corrected chi connectivity index (χ4v) is 2.65. The molecule has 1 saturated carbocycles. The smallest absolute Gasteiger partial charge is 0.220 e. The molecule has 19 heavy (non-hydrogen) atoms. The number of amides is 1. The Morgan fingerprint density at radius 3 is 2.00 bits per heavy atom. The van der Waals surface area contributed by atoms with Crippen molar-refractivity contribution < 1.29 is 4.79 Å². The molecular weight excluding hydrogens is 234 g/mol. The van der Waals surface area contributed by atoms with E-state index in [-0.39, 0.29) is 5.91 Å². The summed E-state index contributed by atoms with van der Waals surface area (Å²) in [6.45, 7) is 13.0. The van der Waals surface area contributed by atoms with Crippen LogP contribution in [0.3, 0.4) is 0 Å². The third-order valence-electron chi connectivity index (χ3n) is 4.03. The number of carbonyl (C=O) groups excluding carboxylic acids is 1. The van der Waals surface area contributed by atoms with E-state index in [1.54, 1.807) is 0 Å². The van der Waals surface area contributed by atoms with Crippen LogP contribution in [-0.4, -0.2) is 11.9 Å². The fourth-order valence-electron chi connectivity index (χ4n) is 2.65. The lowest BCUT2D eigenvalue weighted by Gasteiger charge is -2.31. The molecule has 2 heteroatoms. The molecule has 1 rings (SSSR count). The molecular formula is C17H35NO. The summed E-state index contributed by atoms with van der Waals surface area (Å²) in [6, 6.07) is 0.449. The van der Waals surface area contributed by atoms with E-state index in [1.807, 2.05) is 13.8 Å². The van der Waals surface area contributed by atoms with Crippen molar-refractivity contribution in [2.24, 2.45) is 17.8 Å². The number of hydrogen-bond donors (Lipinski definition) is 1. The third kappa shape index (κ3) is 8.28. The summed E-state index contributed by atoms with van der Waals surface area (Å²) in [5.74, 6) is 2.55. The van der Waals surface area contributed by atoms with Crippen LogP contribution in [0.1, 0.15) is 80.1 Å². The van der Waals surface area contributed by atoms with Crippen LogP contribution in [0.2, 0.25) is 0 Å². The summed E-state index contributed by atoms with van der Waals surface area (Å²) in [4.78, 5) is 11.7. The van der Waals surface area contributed by atoms with Gasteiger partial charge in [-0.3, -0.25) is 4.79 Å². The first kappa shape index (κ1) is 18.5. The Bertz CT molecular complexity index is 227. The molecule has 0 spiro atoms. The number of hydrogen-bond acceptors (Lipinski definition) is 1. The van der Waals surface area contributed by atoms with Gasteiger partial charge in [0.05, 0.1) is 0 Å². The largest absolute Gasteiger partial charge is 0.353 e. The van der Waals surface area contributed by atoms with Gasteiger partial charge in [0.15, 0.2) is 0 Å². The van der Waals surface area contributed by atoms with Crippen molar-refractivity contribution in [3.8, 4) is 0 Å². The lowest BCUT2D eigenvalue weighted by Crippen LogP contribution is -2.38. The van der Waals surface area contributed by atoms with Crippen molar-refractivity contribution in [3.05, 3.63) is 0 Å². The van der Waals surface area contributed by atoms with Gasteiger partial charge in [-0.05, 0) is 49.9 Å². The molecule has 0 atom stereocenters. The number of nitrogens with one attached hydrogen (secondary N) is 1. The first-order chi connectivity index (χ1) is 8.99. The van der Waals surface area contributed by atoms with Gasteiger partial charge in [-0.2, -0.15) is 0 Å². The van der Waals surface area contributed by atoms with Gasteiger partial charge in [0.1, 0.15) is 0 Å². The molecule has 0 aliphatic heterocycles. The van der Waals surface area contributed by atoms with Crippen LogP contribution in [-0.2, 0) is 4.79 Å². The summed E-state index contributed by atoms with van der Waals surface area (Å²) in [5.41, 5.74) is 0. The van der Waals surface area contributed by atoms with E-state index in [4.69, 9.17) is 0 Å². The Labute approximate surface area is 120 Å². The molecule has 1 aliphatic carbocycles. The topological polar surface area (TPSA) is 29.1 Å². The Balaban J connectivity index is 0.00000154. The molecule has 0 aromatic heterocycles. The molecule has 0 saturated heterocycles. The molecule has 2 nitrogen and oxygen atoms in total. The number of carbonyl (C=O) groups is 1. The van der Waals surface area contributed by atoms with Gasteiger partial charge in [0.2, 0.25) is 5.91 Å². The average molecular weight is 269 g/mol. The molecule has 1 aliphatic rings. The first-order valence-corrected chi connectivity index (χ1v) is 8.28. The predicted octanol–water partition coefficient (Wildman–Crippen LogP) is 4.78. The Morgan fingerprint density at radius 1 is 1.05 bits per heavy atom. The van der Waals surface area contributed by atoms with E-state index in [0.29, 0.717) is 18.4 Å². The van der Waals surface area contributed by atoms with E-state index in [0.717, 1.165) is 18.3 Å². The minimum absolute atomic E-state index is 0.256. The minimum Gasteiger partial charge on any atom is -0.353 e. The molecule has 1 N–H and O–H groups in total. The monoisotopic (exact) mass is 269 g/mol. The highest BCUT2D eigenvalue weighted by molar-refractivity contribution is 5.76. The molecule has 0 aromatic rings. The van der Waals surface area contributed by atoms with E-state index in [2.05, 4.69) is 33.0 Å². The third-order valence-corrected chi connectivity index (χ3v) is 4.03. The van der Waals surface area contributed by atoms with Crippen LogP contribution in [0, 0.1) is 17.8 Å². The molecule has 114 valence electrons.